The van der Waals surface area contributed by atoms with E-state index in [1.807, 2.05) is 71.0 Å². The second kappa shape index (κ2) is 40.7. The Balaban J connectivity index is -0.000000276. The quantitative estimate of drug-likeness (QED) is 0.101. The molecule has 0 aliphatic rings. The highest BCUT2D eigenvalue weighted by Crippen LogP contribution is 2.15. The van der Waals surface area contributed by atoms with E-state index in [1.165, 1.54) is 34.3 Å². The Morgan fingerprint density at radius 3 is 1.69 bits per heavy atom. The molecule has 0 aliphatic carbocycles. The minimum Gasteiger partial charge on any atom is -0.469 e. The summed E-state index contributed by atoms with van der Waals surface area (Å²) >= 11 is 0. The lowest BCUT2D eigenvalue weighted by molar-refractivity contribution is -0.111. The monoisotopic (exact) mass is 703 g/mol. The van der Waals surface area contributed by atoms with Gasteiger partial charge in [0.1, 0.15) is 12.0 Å². The summed E-state index contributed by atoms with van der Waals surface area (Å²) in [5, 5.41) is 0. The van der Waals surface area contributed by atoms with Gasteiger partial charge in [-0.2, -0.15) is 0 Å². The van der Waals surface area contributed by atoms with Crippen LogP contribution in [0, 0.1) is 5.92 Å². The zero-order valence-corrected chi connectivity index (χ0v) is 35.5. The minimum atomic E-state index is 0.319. The maximum absolute atomic E-state index is 10.1. The Kier molecular flexibility index (Phi) is 43.2. The van der Waals surface area contributed by atoms with Crippen LogP contribution in [0.4, 0.5) is 0 Å². The number of aldehydes is 1. The molecule has 2 aromatic carbocycles. The number of rotatable bonds is 13. The molecule has 3 rings (SSSR count). The molecule has 1 aromatic heterocycles. The van der Waals surface area contributed by atoms with Gasteiger partial charge in [0.05, 0.1) is 6.26 Å². The molecule has 288 valence electrons. The first-order valence-electron chi connectivity index (χ1n) is 19.2. The number of ether oxygens (including phenoxy) is 1. The first kappa shape index (κ1) is 54.1. The van der Waals surface area contributed by atoms with Crippen molar-refractivity contribution in [1.82, 2.24) is 0 Å². The smallest absolute Gasteiger partial charge is 0.123 e. The number of methoxy groups -OCH3 is 1. The second-order valence-corrected chi connectivity index (χ2v) is 11.7. The van der Waals surface area contributed by atoms with Gasteiger partial charge in [0.2, 0.25) is 0 Å². The normalized spacial score (nSPS) is 10.7. The van der Waals surface area contributed by atoms with Gasteiger partial charge in [-0.3, -0.25) is 0 Å². The first-order chi connectivity index (χ1) is 24.5. The highest BCUT2D eigenvalue weighted by molar-refractivity contribution is 5.62. The van der Waals surface area contributed by atoms with Gasteiger partial charge in [0.15, 0.2) is 0 Å². The maximum atomic E-state index is 10.1. The van der Waals surface area contributed by atoms with E-state index in [4.69, 9.17) is 9.15 Å². The van der Waals surface area contributed by atoms with Crippen molar-refractivity contribution >= 4 is 11.9 Å². The van der Waals surface area contributed by atoms with Crippen LogP contribution in [0.1, 0.15) is 139 Å². The van der Waals surface area contributed by atoms with Crippen LogP contribution in [0.15, 0.2) is 125 Å². The van der Waals surface area contributed by atoms with Gasteiger partial charge in [-0.05, 0) is 94.7 Å². The summed E-state index contributed by atoms with van der Waals surface area (Å²) in [4.78, 5) is 10.1. The molecule has 51 heavy (non-hydrogen) atoms. The molecular weight excluding hydrogens is 625 g/mol. The SMILES string of the molecule is C/C=C(\C)c1ccccc1.C=C(C)C(=C)Cc1ccccc1.CC.CC.CCC.CCCC(C=O)CC.COCC/C(C)=C(/C)Cc1ccco1. The van der Waals surface area contributed by atoms with E-state index in [0.717, 1.165) is 68.3 Å². The van der Waals surface area contributed by atoms with E-state index in [0.29, 0.717) is 5.92 Å². The van der Waals surface area contributed by atoms with Crippen molar-refractivity contribution in [1.29, 1.82) is 0 Å². The predicted molar refractivity (Wildman–Crippen MR) is 231 cm³/mol. The van der Waals surface area contributed by atoms with Gasteiger partial charge in [-0.25, -0.2) is 0 Å². The Labute approximate surface area is 317 Å². The molecule has 0 aliphatic heterocycles. The molecule has 1 heterocycles. The number of hydrogen-bond acceptors (Lipinski definition) is 3. The lowest BCUT2D eigenvalue weighted by atomic mass is 10.0. The fraction of sp³-hybridized carbons (Fsp3) is 0.479. The van der Waals surface area contributed by atoms with Crippen molar-refractivity contribution in [3.05, 3.63) is 137 Å². The van der Waals surface area contributed by atoms with E-state index in [-0.39, 0.29) is 0 Å². The largest absolute Gasteiger partial charge is 0.469 e. The molecule has 0 radical (unpaired) electrons. The lowest BCUT2D eigenvalue weighted by Gasteiger charge is -2.05. The molecule has 0 N–H and O–H groups in total. The summed E-state index contributed by atoms with van der Waals surface area (Å²) in [7, 11) is 1.73. The highest BCUT2D eigenvalue weighted by atomic mass is 16.5. The zero-order chi connectivity index (χ0) is 39.9. The standard InChI is InChI=1S/C12H18O2.C12H14.C10H12.C7H14O.C3H8.2C2H6/c1-10(6-8-13-3)11(2)9-12-5-4-7-14-12;1-10(2)11(3)9-12-7-5-4-6-8-12;1-3-9(2)10-7-5-4-6-8-10;1-3-5-7(4-2)6-8;1-3-2;2*1-2/h4-5,7H,6,8-9H2,1-3H3;4-8H,1,3,9H2,2H3;3-8H,1-2H3;6-7H,3-5H2,1-2H3;3H2,1-2H3;2*1-2H3/b11-10-;;9-3+;;;;. The molecule has 0 saturated carbocycles. The Hall–Kier alpha value is -3.69. The molecule has 1 unspecified atom stereocenters. The third kappa shape index (κ3) is 33.2. The van der Waals surface area contributed by atoms with Crippen LogP contribution < -0.4 is 0 Å². The molecule has 3 aromatic rings. The molecule has 0 saturated heterocycles. The summed E-state index contributed by atoms with van der Waals surface area (Å²) in [5.74, 6) is 1.35. The predicted octanol–water partition coefficient (Wildman–Crippen LogP) is 15.1. The summed E-state index contributed by atoms with van der Waals surface area (Å²) in [6.07, 6.45) is 12.1. The van der Waals surface area contributed by atoms with Crippen LogP contribution >= 0.6 is 0 Å². The molecule has 3 nitrogen and oxygen atoms in total. The Bertz CT molecular complexity index is 1230. The molecule has 0 bridgehead atoms. The molecule has 0 spiro atoms. The number of furan rings is 1. The third-order valence-electron chi connectivity index (χ3n) is 7.33. The fourth-order valence-electron chi connectivity index (χ4n) is 3.89. The summed E-state index contributed by atoms with van der Waals surface area (Å²) < 4.78 is 10.3. The van der Waals surface area contributed by atoms with Crippen LogP contribution in [-0.2, 0) is 22.4 Å². The van der Waals surface area contributed by atoms with Crippen molar-refractivity contribution in [2.75, 3.05) is 13.7 Å². The van der Waals surface area contributed by atoms with Crippen LogP contribution in [-0.4, -0.2) is 20.0 Å². The lowest BCUT2D eigenvalue weighted by Crippen LogP contribution is -1.97. The van der Waals surface area contributed by atoms with Crippen LogP contribution in [0.3, 0.4) is 0 Å². The highest BCUT2D eigenvalue weighted by Gasteiger charge is 2.01. The summed E-state index contributed by atoms with van der Waals surface area (Å²) in [6, 6.07) is 24.6. The van der Waals surface area contributed by atoms with Gasteiger partial charge >= 0.3 is 0 Å². The van der Waals surface area contributed by atoms with Crippen molar-refractivity contribution in [2.45, 2.75) is 135 Å². The topological polar surface area (TPSA) is 39.4 Å². The van der Waals surface area contributed by atoms with Crippen LogP contribution in [0.5, 0.6) is 0 Å². The van der Waals surface area contributed by atoms with Crippen LogP contribution in [0.25, 0.3) is 5.57 Å². The number of carbonyl (C=O) groups excluding carboxylic acids is 1. The second-order valence-electron chi connectivity index (χ2n) is 11.7. The minimum absolute atomic E-state index is 0.319. The maximum Gasteiger partial charge on any atom is 0.123 e. The average Bonchev–Trinajstić information content (AvgIpc) is 3.69. The summed E-state index contributed by atoms with van der Waals surface area (Å²) in [6.45, 7) is 35.5. The fourth-order valence-corrected chi connectivity index (χ4v) is 3.89. The Morgan fingerprint density at radius 1 is 0.784 bits per heavy atom. The summed E-state index contributed by atoms with van der Waals surface area (Å²) in [5.41, 5.74) is 8.89. The Morgan fingerprint density at radius 2 is 1.31 bits per heavy atom. The van der Waals surface area contributed by atoms with Gasteiger partial charge < -0.3 is 13.9 Å². The van der Waals surface area contributed by atoms with Crippen molar-refractivity contribution in [3.8, 4) is 0 Å². The van der Waals surface area contributed by atoms with Crippen molar-refractivity contribution < 1.29 is 13.9 Å². The van der Waals surface area contributed by atoms with E-state index in [2.05, 4.69) is 111 Å². The van der Waals surface area contributed by atoms with E-state index in [1.54, 1.807) is 13.4 Å². The average molecular weight is 703 g/mol. The molecule has 3 heteroatoms. The number of allylic oxidation sites excluding steroid dienone is 5. The van der Waals surface area contributed by atoms with E-state index >= 15 is 0 Å². The molecule has 0 fully saturated rings. The molecular formula is C48H78O3. The first-order valence-corrected chi connectivity index (χ1v) is 19.2. The molecule has 1 atom stereocenters. The van der Waals surface area contributed by atoms with Gasteiger partial charge in [-0.15, -0.1) is 0 Å². The molecule has 0 amide bonds. The van der Waals surface area contributed by atoms with E-state index in [9.17, 15) is 4.79 Å². The van der Waals surface area contributed by atoms with Gasteiger partial charge in [0.25, 0.3) is 0 Å². The number of benzene rings is 2. The third-order valence-corrected chi connectivity index (χ3v) is 7.33. The zero-order valence-electron chi connectivity index (χ0n) is 35.5. The van der Waals surface area contributed by atoms with Crippen LogP contribution in [0.2, 0.25) is 0 Å². The van der Waals surface area contributed by atoms with Gasteiger partial charge in [0, 0.05) is 26.1 Å². The van der Waals surface area contributed by atoms with Crippen molar-refractivity contribution in [3.63, 3.8) is 0 Å². The van der Waals surface area contributed by atoms with Crippen molar-refractivity contribution in [2.24, 2.45) is 5.92 Å². The van der Waals surface area contributed by atoms with E-state index < -0.39 is 0 Å². The number of hydrogen-bond donors (Lipinski definition) is 0. The van der Waals surface area contributed by atoms with Gasteiger partial charge in [-0.1, -0.05) is 165 Å². The number of carbonyl (C=O) groups is 1.